The third-order valence-electron chi connectivity index (χ3n) is 5.33. The maximum Gasteiger partial charge on any atom is 0.252 e. The van der Waals surface area contributed by atoms with Crippen molar-refractivity contribution in [3.8, 4) is 11.8 Å². The number of amides is 2. The predicted molar refractivity (Wildman–Crippen MR) is 120 cm³/mol. The Morgan fingerprint density at radius 3 is 2.88 bits per heavy atom. The van der Waals surface area contributed by atoms with E-state index < -0.39 is 0 Å². The van der Waals surface area contributed by atoms with Crippen LogP contribution in [0.1, 0.15) is 34.9 Å². The molecule has 1 atom stereocenters. The molecule has 9 heteroatoms. The fourth-order valence-electron chi connectivity index (χ4n) is 3.77. The standard InChI is InChI=1S/C23H23N7O2/c1-2-19(31)29-13-7-10-17(14-29)30-22-20(21(24)26-15-27-22)18(28-30)11-6-12-25-23(32)16-8-4-3-5-9-16/h2-5,8-9,15,17H,1,7,10,12-14H2,(H,25,32)(H2,24,26,27). The van der Waals surface area contributed by atoms with E-state index in [9.17, 15) is 9.59 Å². The van der Waals surface area contributed by atoms with Crippen LogP contribution in [-0.2, 0) is 4.79 Å². The molecular weight excluding hydrogens is 406 g/mol. The molecule has 4 rings (SSSR count). The number of hydrogen-bond acceptors (Lipinski definition) is 6. The van der Waals surface area contributed by atoms with E-state index in [-0.39, 0.29) is 30.2 Å². The number of nitrogens with one attached hydrogen (secondary N) is 1. The van der Waals surface area contributed by atoms with E-state index in [1.807, 2.05) is 6.07 Å². The SMILES string of the molecule is C=CC(=O)N1CCCC(n2nc(C#CCNC(=O)c3ccccc3)c3c(N)ncnc32)C1. The van der Waals surface area contributed by atoms with E-state index in [0.29, 0.717) is 35.4 Å². The Hall–Kier alpha value is -4.19. The zero-order valence-electron chi connectivity index (χ0n) is 17.5. The van der Waals surface area contributed by atoms with Gasteiger partial charge >= 0.3 is 0 Å². The second-order valence-corrected chi connectivity index (χ2v) is 7.39. The highest BCUT2D eigenvalue weighted by Gasteiger charge is 2.27. The lowest BCUT2D eigenvalue weighted by molar-refractivity contribution is -0.127. The van der Waals surface area contributed by atoms with Crippen LogP contribution in [0.25, 0.3) is 11.0 Å². The smallest absolute Gasteiger partial charge is 0.252 e. The minimum Gasteiger partial charge on any atom is -0.383 e. The summed E-state index contributed by atoms with van der Waals surface area (Å²) in [7, 11) is 0. The number of carbonyl (C=O) groups is 2. The number of nitrogens with zero attached hydrogens (tertiary/aromatic N) is 5. The molecule has 1 unspecified atom stereocenters. The molecule has 0 bridgehead atoms. The average Bonchev–Trinajstić information content (AvgIpc) is 3.21. The number of carbonyl (C=O) groups excluding carboxylic acids is 2. The molecule has 3 aromatic rings. The number of fused-ring (bicyclic) bond motifs is 1. The molecule has 2 aromatic heterocycles. The average molecular weight is 429 g/mol. The maximum absolute atomic E-state index is 12.2. The molecule has 0 aliphatic carbocycles. The van der Waals surface area contributed by atoms with Gasteiger partial charge in [0, 0.05) is 18.7 Å². The third kappa shape index (κ3) is 4.30. The van der Waals surface area contributed by atoms with Crippen molar-refractivity contribution in [1.82, 2.24) is 30.0 Å². The first-order chi connectivity index (χ1) is 15.6. The lowest BCUT2D eigenvalue weighted by Gasteiger charge is -2.32. The van der Waals surface area contributed by atoms with Gasteiger partial charge in [-0.05, 0) is 37.0 Å². The van der Waals surface area contributed by atoms with Crippen LogP contribution in [0.15, 0.2) is 49.3 Å². The second-order valence-electron chi connectivity index (χ2n) is 7.39. The zero-order valence-corrected chi connectivity index (χ0v) is 17.5. The number of rotatable bonds is 4. The normalized spacial score (nSPS) is 15.6. The first kappa shape index (κ1) is 21.1. The van der Waals surface area contributed by atoms with Crippen molar-refractivity contribution in [2.24, 2.45) is 0 Å². The summed E-state index contributed by atoms with van der Waals surface area (Å²) in [5.74, 6) is 5.90. The number of hydrogen-bond donors (Lipinski definition) is 2. The molecule has 2 amide bonds. The summed E-state index contributed by atoms with van der Waals surface area (Å²) < 4.78 is 1.78. The molecular formula is C23H23N7O2. The van der Waals surface area contributed by atoms with E-state index in [4.69, 9.17) is 5.73 Å². The van der Waals surface area contributed by atoms with Crippen LogP contribution in [0.5, 0.6) is 0 Å². The highest BCUT2D eigenvalue weighted by atomic mass is 16.2. The number of likely N-dealkylation sites (tertiary alicyclic amines) is 1. The molecule has 0 saturated carbocycles. The monoisotopic (exact) mass is 429 g/mol. The molecule has 162 valence electrons. The van der Waals surface area contributed by atoms with Crippen molar-refractivity contribution >= 4 is 28.7 Å². The number of nitrogen functional groups attached to an aromatic ring is 1. The highest BCUT2D eigenvalue weighted by molar-refractivity contribution is 5.94. The number of anilines is 1. The lowest BCUT2D eigenvalue weighted by atomic mass is 10.1. The van der Waals surface area contributed by atoms with E-state index >= 15 is 0 Å². The van der Waals surface area contributed by atoms with Gasteiger partial charge in [0.15, 0.2) is 5.65 Å². The van der Waals surface area contributed by atoms with E-state index in [1.54, 1.807) is 33.8 Å². The van der Waals surface area contributed by atoms with Gasteiger partial charge in [-0.25, -0.2) is 14.6 Å². The molecule has 3 N–H and O–H groups in total. The Morgan fingerprint density at radius 1 is 1.28 bits per heavy atom. The van der Waals surface area contributed by atoms with Crippen molar-refractivity contribution in [1.29, 1.82) is 0 Å². The molecule has 32 heavy (non-hydrogen) atoms. The molecule has 0 spiro atoms. The lowest BCUT2D eigenvalue weighted by Crippen LogP contribution is -2.40. The van der Waals surface area contributed by atoms with Crippen molar-refractivity contribution in [3.05, 3.63) is 60.6 Å². The van der Waals surface area contributed by atoms with Gasteiger partial charge in [0.2, 0.25) is 5.91 Å². The molecule has 1 aliphatic rings. The minimum absolute atomic E-state index is 0.0576. The molecule has 9 nitrogen and oxygen atoms in total. The summed E-state index contributed by atoms with van der Waals surface area (Å²) in [6.07, 6.45) is 4.41. The van der Waals surface area contributed by atoms with Gasteiger partial charge in [0.1, 0.15) is 17.8 Å². The Labute approximate surface area is 185 Å². The number of aromatic nitrogens is 4. The van der Waals surface area contributed by atoms with Crippen molar-refractivity contribution < 1.29 is 9.59 Å². The molecule has 1 aromatic carbocycles. The fourth-order valence-corrected chi connectivity index (χ4v) is 3.77. The van der Waals surface area contributed by atoms with E-state index in [0.717, 1.165) is 12.8 Å². The molecule has 1 saturated heterocycles. The van der Waals surface area contributed by atoms with Gasteiger partial charge in [-0.2, -0.15) is 5.10 Å². The van der Waals surface area contributed by atoms with Gasteiger partial charge in [-0.15, -0.1) is 0 Å². The van der Waals surface area contributed by atoms with Crippen molar-refractivity contribution in [2.45, 2.75) is 18.9 Å². The van der Waals surface area contributed by atoms with Gasteiger partial charge in [-0.3, -0.25) is 9.59 Å². The molecule has 1 aliphatic heterocycles. The Morgan fingerprint density at radius 2 is 2.09 bits per heavy atom. The Bertz CT molecular complexity index is 1220. The molecule has 1 fully saturated rings. The van der Waals surface area contributed by atoms with E-state index in [2.05, 4.69) is 38.8 Å². The topological polar surface area (TPSA) is 119 Å². The van der Waals surface area contributed by atoms with Crippen LogP contribution < -0.4 is 11.1 Å². The first-order valence-electron chi connectivity index (χ1n) is 10.3. The Kier molecular flexibility index (Phi) is 6.12. The van der Waals surface area contributed by atoms with E-state index in [1.165, 1.54) is 12.4 Å². The molecule has 0 radical (unpaired) electrons. The second kappa shape index (κ2) is 9.31. The quantitative estimate of drug-likeness (QED) is 0.480. The summed E-state index contributed by atoms with van der Waals surface area (Å²) in [4.78, 5) is 34.4. The third-order valence-corrected chi connectivity index (χ3v) is 5.33. The number of nitrogens with two attached hydrogens (primary N) is 1. The summed E-state index contributed by atoms with van der Waals surface area (Å²) in [6.45, 7) is 4.92. The zero-order chi connectivity index (χ0) is 22.5. The van der Waals surface area contributed by atoms with Crippen molar-refractivity contribution in [2.75, 3.05) is 25.4 Å². The largest absolute Gasteiger partial charge is 0.383 e. The summed E-state index contributed by atoms with van der Waals surface area (Å²) >= 11 is 0. The van der Waals surface area contributed by atoms with Gasteiger partial charge in [-0.1, -0.05) is 30.7 Å². The maximum atomic E-state index is 12.2. The van der Waals surface area contributed by atoms with Gasteiger partial charge < -0.3 is 16.0 Å². The van der Waals surface area contributed by atoms with Gasteiger partial charge in [0.05, 0.1) is 18.0 Å². The number of piperidine rings is 1. The van der Waals surface area contributed by atoms with Crippen LogP contribution in [0.2, 0.25) is 0 Å². The van der Waals surface area contributed by atoms with Crippen LogP contribution in [0.4, 0.5) is 5.82 Å². The van der Waals surface area contributed by atoms with Crippen LogP contribution >= 0.6 is 0 Å². The highest BCUT2D eigenvalue weighted by Crippen LogP contribution is 2.28. The molecule has 3 heterocycles. The summed E-state index contributed by atoms with van der Waals surface area (Å²) in [5, 5.41) is 7.99. The number of benzene rings is 1. The van der Waals surface area contributed by atoms with Crippen LogP contribution in [0, 0.1) is 11.8 Å². The van der Waals surface area contributed by atoms with Crippen LogP contribution in [0.3, 0.4) is 0 Å². The Balaban J connectivity index is 1.57. The fraction of sp³-hybridized carbons (Fsp3) is 0.261. The minimum atomic E-state index is -0.202. The van der Waals surface area contributed by atoms with Crippen molar-refractivity contribution in [3.63, 3.8) is 0 Å². The van der Waals surface area contributed by atoms with Gasteiger partial charge in [0.25, 0.3) is 5.91 Å². The first-order valence-corrected chi connectivity index (χ1v) is 10.3. The van der Waals surface area contributed by atoms with Crippen LogP contribution in [-0.4, -0.2) is 56.1 Å². The summed E-state index contributed by atoms with van der Waals surface area (Å²) in [5.41, 5.74) is 7.69. The predicted octanol–water partition coefficient (Wildman–Crippen LogP) is 1.54. The summed E-state index contributed by atoms with van der Waals surface area (Å²) in [6, 6.07) is 8.87.